The number of rotatable bonds is 4. The monoisotopic (exact) mass is 442 g/mol. The Labute approximate surface area is 186 Å². The predicted octanol–water partition coefficient (Wildman–Crippen LogP) is 5.33. The smallest absolute Gasteiger partial charge is 0.140 e. The van der Waals surface area contributed by atoms with Crippen LogP contribution in [0.15, 0.2) is 36.4 Å². The van der Waals surface area contributed by atoms with Crippen LogP contribution in [-0.4, -0.2) is 38.8 Å². The third kappa shape index (κ3) is 3.49. The van der Waals surface area contributed by atoms with E-state index in [0.717, 1.165) is 41.9 Å². The number of hydrogen-bond acceptors (Lipinski definition) is 4. The quantitative estimate of drug-likeness (QED) is 0.547. The third-order valence-electron chi connectivity index (χ3n) is 6.22. The minimum absolute atomic E-state index is 0.0847. The molecule has 1 saturated heterocycles. The Morgan fingerprint density at radius 2 is 1.70 bits per heavy atom. The lowest BCUT2D eigenvalue weighted by molar-refractivity contribution is 0.0942. The van der Waals surface area contributed by atoms with Crippen molar-refractivity contribution in [2.75, 3.05) is 13.1 Å². The van der Waals surface area contributed by atoms with Gasteiger partial charge in [-0.2, -0.15) is 0 Å². The van der Waals surface area contributed by atoms with Gasteiger partial charge in [-0.1, -0.05) is 29.3 Å². The van der Waals surface area contributed by atoms with Gasteiger partial charge in [0.2, 0.25) is 0 Å². The summed E-state index contributed by atoms with van der Waals surface area (Å²) in [6.07, 6.45) is 3.38. The predicted molar refractivity (Wildman–Crippen MR) is 119 cm³/mol. The van der Waals surface area contributed by atoms with Crippen LogP contribution in [-0.2, 0) is 6.42 Å². The summed E-state index contributed by atoms with van der Waals surface area (Å²) < 4.78 is 8.55. The second kappa shape index (κ2) is 7.88. The molecule has 5 rings (SSSR count). The molecule has 0 spiro atoms. The van der Waals surface area contributed by atoms with Crippen LogP contribution in [0.3, 0.4) is 0 Å². The molecule has 1 fully saturated rings. The van der Waals surface area contributed by atoms with Crippen molar-refractivity contribution in [3.05, 3.63) is 69.2 Å². The lowest BCUT2D eigenvalue weighted by Crippen LogP contribution is -2.38. The number of aryl methyl sites for hydroxylation is 2. The van der Waals surface area contributed by atoms with Gasteiger partial charge in [-0.3, -0.25) is 9.47 Å². The number of likely N-dealkylation sites (tertiary alicyclic amines) is 1. The molecule has 30 heavy (non-hydrogen) atoms. The van der Waals surface area contributed by atoms with Crippen molar-refractivity contribution in [3.63, 3.8) is 0 Å². The molecule has 156 valence electrons. The van der Waals surface area contributed by atoms with Crippen molar-refractivity contribution >= 4 is 23.2 Å². The van der Waals surface area contributed by atoms with E-state index >= 15 is 0 Å². The highest BCUT2D eigenvalue weighted by atomic mass is 35.5. The van der Waals surface area contributed by atoms with Crippen LogP contribution in [0.25, 0.3) is 5.69 Å². The fourth-order valence-electron chi connectivity index (χ4n) is 4.80. The normalized spacial score (nSPS) is 21.2. The molecule has 0 bridgehead atoms. The molecule has 2 heterocycles. The zero-order valence-corrected chi connectivity index (χ0v) is 18.6. The van der Waals surface area contributed by atoms with Gasteiger partial charge in [0.15, 0.2) is 0 Å². The van der Waals surface area contributed by atoms with Crippen LogP contribution < -0.4 is 4.74 Å². The molecule has 1 aromatic heterocycles. The maximum absolute atomic E-state index is 6.68. The largest absolute Gasteiger partial charge is 0.482 e. The third-order valence-corrected chi connectivity index (χ3v) is 6.75. The summed E-state index contributed by atoms with van der Waals surface area (Å²) in [7, 11) is 0. The summed E-state index contributed by atoms with van der Waals surface area (Å²) in [5.74, 6) is 2.34. The molecule has 1 aliphatic heterocycles. The van der Waals surface area contributed by atoms with Gasteiger partial charge < -0.3 is 4.74 Å². The van der Waals surface area contributed by atoms with E-state index in [1.165, 1.54) is 24.0 Å². The molecular weight excluding hydrogens is 419 g/mol. The van der Waals surface area contributed by atoms with Crippen LogP contribution in [0, 0.1) is 13.8 Å². The Morgan fingerprint density at radius 3 is 2.40 bits per heavy atom. The van der Waals surface area contributed by atoms with E-state index in [2.05, 4.69) is 21.2 Å². The van der Waals surface area contributed by atoms with E-state index in [9.17, 15) is 0 Å². The van der Waals surface area contributed by atoms with Crippen molar-refractivity contribution in [1.82, 2.24) is 19.7 Å². The molecule has 0 radical (unpaired) electrons. The van der Waals surface area contributed by atoms with Gasteiger partial charge in [0, 0.05) is 5.02 Å². The summed E-state index contributed by atoms with van der Waals surface area (Å²) in [5, 5.41) is 9.59. The van der Waals surface area contributed by atoms with Crippen molar-refractivity contribution < 1.29 is 4.74 Å². The number of hydrogen-bond donors (Lipinski definition) is 0. The first-order chi connectivity index (χ1) is 14.5. The van der Waals surface area contributed by atoms with Gasteiger partial charge >= 0.3 is 0 Å². The summed E-state index contributed by atoms with van der Waals surface area (Å²) >= 11 is 13.0. The summed E-state index contributed by atoms with van der Waals surface area (Å²) in [5.41, 5.74) is 3.41. The van der Waals surface area contributed by atoms with Crippen molar-refractivity contribution in [2.24, 2.45) is 0 Å². The number of benzene rings is 2. The molecule has 2 aliphatic rings. The molecule has 2 atom stereocenters. The first-order valence-corrected chi connectivity index (χ1v) is 11.1. The number of aromatic nitrogens is 3. The number of fused-ring (bicyclic) bond motifs is 1. The van der Waals surface area contributed by atoms with Crippen LogP contribution in [0.1, 0.15) is 41.7 Å². The van der Waals surface area contributed by atoms with Crippen molar-refractivity contribution in [3.8, 4) is 11.4 Å². The van der Waals surface area contributed by atoms with Gasteiger partial charge in [0.1, 0.15) is 23.5 Å². The second-order valence-electron chi connectivity index (χ2n) is 8.14. The molecule has 0 amide bonds. The van der Waals surface area contributed by atoms with Crippen LogP contribution in [0.2, 0.25) is 10.0 Å². The molecule has 3 aromatic rings. The maximum Gasteiger partial charge on any atom is 0.140 e. The molecule has 2 aromatic carbocycles. The van der Waals surface area contributed by atoms with E-state index in [4.69, 9.17) is 27.9 Å². The highest BCUT2D eigenvalue weighted by molar-refractivity contribution is 6.32. The van der Waals surface area contributed by atoms with E-state index in [0.29, 0.717) is 16.8 Å². The highest BCUT2D eigenvalue weighted by Gasteiger charge is 2.39. The Morgan fingerprint density at radius 1 is 0.967 bits per heavy atom. The van der Waals surface area contributed by atoms with E-state index in [1.807, 2.05) is 48.7 Å². The fraction of sp³-hybridized carbons (Fsp3) is 0.391. The van der Waals surface area contributed by atoms with Gasteiger partial charge in [0.05, 0.1) is 16.8 Å². The van der Waals surface area contributed by atoms with E-state index < -0.39 is 0 Å². The SMILES string of the molecule is Cc1nnc(C)n1-c1ccc(OC2c3cc(Cl)ccc3CC2N2CCCC2)c(Cl)c1. The number of nitrogens with zero attached hydrogens (tertiary/aromatic N) is 4. The van der Waals surface area contributed by atoms with E-state index in [1.54, 1.807) is 0 Å². The van der Waals surface area contributed by atoms with Crippen LogP contribution >= 0.6 is 23.2 Å². The number of halogens is 2. The Balaban J connectivity index is 1.48. The average Bonchev–Trinajstić information content (AvgIpc) is 3.44. The molecule has 1 aliphatic carbocycles. The zero-order chi connectivity index (χ0) is 20.8. The molecule has 7 heteroatoms. The number of ether oxygens (including phenoxy) is 1. The molecular formula is C23H24Cl2N4O. The summed E-state index contributed by atoms with van der Waals surface area (Å²) in [6.45, 7) is 6.09. The maximum atomic E-state index is 6.68. The molecule has 2 unspecified atom stereocenters. The minimum Gasteiger partial charge on any atom is -0.482 e. The molecule has 5 nitrogen and oxygen atoms in total. The Kier molecular flexibility index (Phi) is 5.21. The minimum atomic E-state index is -0.0847. The lowest BCUT2D eigenvalue weighted by Gasteiger charge is -2.30. The van der Waals surface area contributed by atoms with Gasteiger partial charge in [-0.25, -0.2) is 0 Å². The Bertz CT molecular complexity index is 1070. The first kappa shape index (κ1) is 19.9. The summed E-state index contributed by atoms with van der Waals surface area (Å²) in [4.78, 5) is 2.55. The topological polar surface area (TPSA) is 43.2 Å². The Hall–Kier alpha value is -2.08. The van der Waals surface area contributed by atoms with Crippen molar-refractivity contribution in [2.45, 2.75) is 45.3 Å². The highest BCUT2D eigenvalue weighted by Crippen LogP contribution is 2.42. The van der Waals surface area contributed by atoms with Gasteiger partial charge in [-0.05, 0) is 87.7 Å². The zero-order valence-electron chi connectivity index (χ0n) is 17.1. The lowest BCUT2D eigenvalue weighted by atomic mass is 10.1. The van der Waals surface area contributed by atoms with Crippen LogP contribution in [0.5, 0.6) is 5.75 Å². The first-order valence-electron chi connectivity index (χ1n) is 10.4. The molecule has 0 saturated carbocycles. The second-order valence-corrected chi connectivity index (χ2v) is 8.98. The van der Waals surface area contributed by atoms with Crippen LogP contribution in [0.4, 0.5) is 0 Å². The van der Waals surface area contributed by atoms with Gasteiger partial charge in [-0.15, -0.1) is 10.2 Å². The average molecular weight is 443 g/mol. The van der Waals surface area contributed by atoms with Gasteiger partial charge in [0.25, 0.3) is 0 Å². The molecule has 0 N–H and O–H groups in total. The standard InChI is InChI=1S/C23H24Cl2N4O/c1-14-26-27-15(2)29(14)18-7-8-22(20(25)13-18)30-23-19-12-17(24)6-5-16(19)11-21(23)28-9-3-4-10-28/h5-8,12-13,21,23H,3-4,9-11H2,1-2H3. The summed E-state index contributed by atoms with van der Waals surface area (Å²) in [6, 6.07) is 12.3. The van der Waals surface area contributed by atoms with E-state index in [-0.39, 0.29) is 6.10 Å². The van der Waals surface area contributed by atoms with Crippen molar-refractivity contribution in [1.29, 1.82) is 0 Å². The fourth-order valence-corrected chi connectivity index (χ4v) is 5.20.